The first-order valence-corrected chi connectivity index (χ1v) is 5.00. The van der Waals surface area contributed by atoms with E-state index in [1.165, 1.54) is 0 Å². The van der Waals surface area contributed by atoms with Gasteiger partial charge in [-0.15, -0.1) is 0 Å². The van der Waals surface area contributed by atoms with Gasteiger partial charge in [-0.05, 0) is 32.0 Å². The van der Waals surface area contributed by atoms with Crippen LogP contribution in [0.2, 0.25) is 0 Å². The Kier molecular flexibility index (Phi) is 2.17. The Morgan fingerprint density at radius 1 is 1.53 bits per heavy atom. The van der Waals surface area contributed by atoms with Gasteiger partial charge in [-0.25, -0.2) is 0 Å². The van der Waals surface area contributed by atoms with Gasteiger partial charge in [0, 0.05) is 18.0 Å². The molecule has 1 aliphatic rings. The minimum absolute atomic E-state index is 0.0444. The molecule has 1 aromatic rings. The van der Waals surface area contributed by atoms with Gasteiger partial charge in [0.25, 0.3) is 0 Å². The van der Waals surface area contributed by atoms with Crippen molar-refractivity contribution in [1.82, 2.24) is 0 Å². The number of fused-ring (bicyclic) bond motifs is 1. The van der Waals surface area contributed by atoms with E-state index in [0.717, 1.165) is 17.7 Å². The second-order valence-corrected chi connectivity index (χ2v) is 4.54. The molecule has 3 nitrogen and oxygen atoms in total. The summed E-state index contributed by atoms with van der Waals surface area (Å²) in [4.78, 5) is 0. The van der Waals surface area contributed by atoms with Gasteiger partial charge in [0.1, 0.15) is 11.4 Å². The van der Waals surface area contributed by atoms with E-state index in [0.29, 0.717) is 5.56 Å². The van der Waals surface area contributed by atoms with Crippen LogP contribution in [0.25, 0.3) is 0 Å². The molecule has 2 N–H and O–H groups in total. The van der Waals surface area contributed by atoms with Gasteiger partial charge < -0.3 is 10.5 Å². The Bertz CT molecular complexity index is 432. The summed E-state index contributed by atoms with van der Waals surface area (Å²) in [5.74, 6) is 0.803. The third-order valence-electron chi connectivity index (χ3n) is 2.64. The molecule has 0 aromatic heterocycles. The maximum absolute atomic E-state index is 8.80. The van der Waals surface area contributed by atoms with Crippen molar-refractivity contribution in [2.75, 3.05) is 0 Å². The molecule has 1 aromatic carbocycles. The Labute approximate surface area is 89.5 Å². The van der Waals surface area contributed by atoms with E-state index in [-0.39, 0.29) is 11.6 Å². The second-order valence-electron chi connectivity index (χ2n) is 4.54. The highest BCUT2D eigenvalue weighted by molar-refractivity contribution is 5.45. The van der Waals surface area contributed by atoms with Gasteiger partial charge in [0.05, 0.1) is 11.6 Å². The first-order valence-electron chi connectivity index (χ1n) is 5.00. The average molecular weight is 202 g/mol. The van der Waals surface area contributed by atoms with Crippen LogP contribution in [0.4, 0.5) is 0 Å². The lowest BCUT2D eigenvalue weighted by molar-refractivity contribution is 0.0729. The number of nitrogens with two attached hydrogens (primary N) is 1. The van der Waals surface area contributed by atoms with E-state index in [1.807, 2.05) is 26.0 Å². The lowest BCUT2D eigenvalue weighted by atomic mass is 9.89. The zero-order chi connectivity index (χ0) is 11.1. The molecule has 1 aliphatic heterocycles. The number of ether oxygens (including phenoxy) is 1. The SMILES string of the molecule is CC1(C)C[C@H](N)c2cc(C#N)ccc2O1. The normalized spacial score (nSPS) is 22.4. The number of benzene rings is 1. The standard InChI is InChI=1S/C12H14N2O/c1-12(2)6-10(14)9-5-8(7-13)3-4-11(9)15-12/h3-5,10H,6,14H2,1-2H3/t10-/m0/s1. The zero-order valence-corrected chi connectivity index (χ0v) is 8.95. The van der Waals surface area contributed by atoms with Crippen LogP contribution in [-0.4, -0.2) is 5.60 Å². The van der Waals surface area contributed by atoms with Crippen molar-refractivity contribution in [3.63, 3.8) is 0 Å². The summed E-state index contributed by atoms with van der Waals surface area (Å²) < 4.78 is 5.80. The summed E-state index contributed by atoms with van der Waals surface area (Å²) >= 11 is 0. The summed E-state index contributed by atoms with van der Waals surface area (Å²) in [7, 11) is 0. The van der Waals surface area contributed by atoms with Crippen molar-refractivity contribution in [1.29, 1.82) is 5.26 Å². The van der Waals surface area contributed by atoms with E-state index in [9.17, 15) is 0 Å². The van der Waals surface area contributed by atoms with Crippen molar-refractivity contribution in [3.05, 3.63) is 29.3 Å². The monoisotopic (exact) mass is 202 g/mol. The fraction of sp³-hybridized carbons (Fsp3) is 0.417. The maximum Gasteiger partial charge on any atom is 0.124 e. The molecule has 2 rings (SSSR count). The summed E-state index contributed by atoms with van der Waals surface area (Å²) in [5, 5.41) is 8.80. The Morgan fingerprint density at radius 2 is 2.27 bits per heavy atom. The van der Waals surface area contributed by atoms with Gasteiger partial charge in [-0.2, -0.15) is 5.26 Å². The highest BCUT2D eigenvalue weighted by atomic mass is 16.5. The van der Waals surface area contributed by atoms with Crippen molar-refractivity contribution >= 4 is 0 Å². The lowest BCUT2D eigenvalue weighted by Crippen LogP contribution is -2.37. The molecule has 0 fully saturated rings. The molecule has 0 radical (unpaired) electrons. The summed E-state index contributed by atoms with van der Waals surface area (Å²) in [6.07, 6.45) is 0.773. The van der Waals surface area contributed by atoms with E-state index < -0.39 is 0 Å². The quantitative estimate of drug-likeness (QED) is 0.701. The number of nitriles is 1. The van der Waals surface area contributed by atoms with Crippen molar-refractivity contribution in [2.45, 2.75) is 31.9 Å². The second kappa shape index (κ2) is 3.25. The van der Waals surface area contributed by atoms with Crippen LogP contribution in [0.5, 0.6) is 5.75 Å². The van der Waals surface area contributed by atoms with Crippen LogP contribution in [0.3, 0.4) is 0 Å². The molecule has 0 spiro atoms. The molecule has 78 valence electrons. The van der Waals surface area contributed by atoms with Gasteiger partial charge in [-0.1, -0.05) is 0 Å². The van der Waals surface area contributed by atoms with Gasteiger partial charge in [0.15, 0.2) is 0 Å². The predicted molar refractivity (Wildman–Crippen MR) is 57.4 cm³/mol. The Balaban J connectivity index is 2.47. The van der Waals surface area contributed by atoms with Crippen molar-refractivity contribution in [2.24, 2.45) is 5.73 Å². The molecule has 0 aliphatic carbocycles. The number of nitrogens with zero attached hydrogens (tertiary/aromatic N) is 1. The molecule has 15 heavy (non-hydrogen) atoms. The zero-order valence-electron chi connectivity index (χ0n) is 8.95. The van der Waals surface area contributed by atoms with Crippen LogP contribution in [0.1, 0.15) is 37.4 Å². The Hall–Kier alpha value is -1.53. The molecule has 0 unspecified atom stereocenters. The highest BCUT2D eigenvalue weighted by Gasteiger charge is 2.31. The first kappa shape index (κ1) is 10.0. The van der Waals surface area contributed by atoms with Crippen LogP contribution in [0.15, 0.2) is 18.2 Å². The fourth-order valence-electron chi connectivity index (χ4n) is 1.98. The van der Waals surface area contributed by atoms with Crippen LogP contribution in [-0.2, 0) is 0 Å². The largest absolute Gasteiger partial charge is 0.487 e. The van der Waals surface area contributed by atoms with Crippen molar-refractivity contribution in [3.8, 4) is 11.8 Å². The van der Waals surface area contributed by atoms with E-state index in [4.69, 9.17) is 15.7 Å². The van der Waals surface area contributed by atoms with E-state index >= 15 is 0 Å². The molecule has 1 heterocycles. The van der Waals surface area contributed by atoms with Crippen molar-refractivity contribution < 1.29 is 4.74 Å². The van der Waals surface area contributed by atoms with Gasteiger partial charge >= 0.3 is 0 Å². The minimum atomic E-state index is -0.222. The van der Waals surface area contributed by atoms with E-state index in [2.05, 4.69) is 6.07 Å². The number of rotatable bonds is 0. The number of hydrogen-bond donors (Lipinski definition) is 1. The first-order chi connectivity index (χ1) is 7.02. The third-order valence-corrected chi connectivity index (χ3v) is 2.64. The smallest absolute Gasteiger partial charge is 0.124 e. The molecule has 3 heteroatoms. The average Bonchev–Trinajstić information content (AvgIpc) is 2.15. The molecule has 0 amide bonds. The van der Waals surface area contributed by atoms with Crippen LogP contribution < -0.4 is 10.5 Å². The van der Waals surface area contributed by atoms with Gasteiger partial charge in [-0.3, -0.25) is 0 Å². The van der Waals surface area contributed by atoms with E-state index in [1.54, 1.807) is 6.07 Å². The fourth-order valence-corrected chi connectivity index (χ4v) is 1.98. The predicted octanol–water partition coefficient (Wildman–Crippen LogP) is 2.12. The summed E-state index contributed by atoms with van der Waals surface area (Å²) in [5.41, 5.74) is 7.40. The topological polar surface area (TPSA) is 59.0 Å². The van der Waals surface area contributed by atoms with Crippen LogP contribution in [0, 0.1) is 11.3 Å². The summed E-state index contributed by atoms with van der Waals surface area (Å²) in [6.45, 7) is 4.04. The molecule has 0 saturated heterocycles. The maximum atomic E-state index is 8.80. The molecule has 0 bridgehead atoms. The van der Waals surface area contributed by atoms with Crippen LogP contribution >= 0.6 is 0 Å². The van der Waals surface area contributed by atoms with Gasteiger partial charge in [0.2, 0.25) is 0 Å². The third kappa shape index (κ3) is 1.81. The Morgan fingerprint density at radius 3 is 2.93 bits per heavy atom. The highest BCUT2D eigenvalue weighted by Crippen LogP contribution is 2.38. The molecular formula is C12H14N2O. The number of hydrogen-bond acceptors (Lipinski definition) is 3. The molecule has 0 saturated carbocycles. The lowest BCUT2D eigenvalue weighted by Gasteiger charge is -2.36. The molecule has 1 atom stereocenters. The minimum Gasteiger partial charge on any atom is -0.487 e. The molecular weight excluding hydrogens is 188 g/mol. The summed E-state index contributed by atoms with van der Waals surface area (Å²) in [6, 6.07) is 7.46.